The molecular formula is C24H26FN7O3. The fourth-order valence-corrected chi connectivity index (χ4v) is 3.97. The number of halogens is 1. The van der Waals surface area contributed by atoms with E-state index in [9.17, 15) is 14.4 Å². The Hall–Kier alpha value is -4.04. The van der Waals surface area contributed by atoms with Crippen molar-refractivity contribution in [1.29, 1.82) is 5.26 Å². The molecule has 0 aliphatic carbocycles. The number of nitrogens with one attached hydrogen (secondary N) is 1. The summed E-state index contributed by atoms with van der Waals surface area (Å²) in [6, 6.07) is 4.77. The standard InChI is InChI=1S/C24H26FN7O3/c1-34-15-20-19(23(33)27-12-18-17(9-26)5-6-21(35-2)22(18)25)14-32(30-20)13-16-10-28-24(29-11-16)31-7-3-4-8-31/h5-6,10-11,14H,3-4,7-8,12-13,15H2,1-2H3,(H,27,33). The van der Waals surface area contributed by atoms with Crippen LogP contribution in [0.4, 0.5) is 10.3 Å². The van der Waals surface area contributed by atoms with Crippen LogP contribution in [0.15, 0.2) is 30.7 Å². The van der Waals surface area contributed by atoms with Crippen LogP contribution in [0.1, 0.15) is 45.6 Å². The highest BCUT2D eigenvalue weighted by molar-refractivity contribution is 5.95. The molecule has 1 saturated heterocycles. The van der Waals surface area contributed by atoms with E-state index in [1.807, 2.05) is 6.07 Å². The lowest BCUT2D eigenvalue weighted by atomic mass is 10.1. The number of rotatable bonds is 9. The highest BCUT2D eigenvalue weighted by Gasteiger charge is 2.20. The Kier molecular flexibility index (Phi) is 7.52. The monoisotopic (exact) mass is 479 g/mol. The summed E-state index contributed by atoms with van der Waals surface area (Å²) in [5, 5.41) is 16.5. The van der Waals surface area contributed by atoms with Gasteiger partial charge in [0.15, 0.2) is 11.6 Å². The van der Waals surface area contributed by atoms with Gasteiger partial charge in [-0.1, -0.05) is 0 Å². The molecule has 35 heavy (non-hydrogen) atoms. The van der Waals surface area contributed by atoms with Crippen molar-refractivity contribution in [1.82, 2.24) is 25.1 Å². The van der Waals surface area contributed by atoms with Crippen LogP contribution >= 0.6 is 0 Å². The smallest absolute Gasteiger partial charge is 0.255 e. The fraction of sp³-hybridized carbons (Fsp3) is 0.375. The van der Waals surface area contributed by atoms with Gasteiger partial charge in [-0.05, 0) is 25.0 Å². The number of ether oxygens (including phenoxy) is 2. The molecular weight excluding hydrogens is 453 g/mol. The van der Waals surface area contributed by atoms with Crippen LogP contribution in [0.25, 0.3) is 0 Å². The molecule has 4 rings (SSSR count). The molecule has 0 atom stereocenters. The predicted octanol–water partition coefficient (Wildman–Crippen LogP) is 2.42. The second-order valence-electron chi connectivity index (χ2n) is 8.11. The summed E-state index contributed by atoms with van der Waals surface area (Å²) >= 11 is 0. The molecule has 182 valence electrons. The molecule has 2 aromatic heterocycles. The Bertz CT molecular complexity index is 1230. The second-order valence-corrected chi connectivity index (χ2v) is 8.11. The number of nitriles is 1. The van der Waals surface area contributed by atoms with Gasteiger partial charge < -0.3 is 19.7 Å². The molecule has 10 nitrogen and oxygen atoms in total. The van der Waals surface area contributed by atoms with E-state index in [1.165, 1.54) is 26.4 Å². The Morgan fingerprint density at radius 2 is 1.97 bits per heavy atom. The molecule has 0 saturated carbocycles. The van der Waals surface area contributed by atoms with Gasteiger partial charge in [-0.3, -0.25) is 9.48 Å². The Morgan fingerprint density at radius 1 is 1.23 bits per heavy atom. The average molecular weight is 480 g/mol. The summed E-state index contributed by atoms with van der Waals surface area (Å²) in [6.07, 6.45) is 7.41. The van der Waals surface area contributed by atoms with E-state index >= 15 is 0 Å². The summed E-state index contributed by atoms with van der Waals surface area (Å²) < 4.78 is 26.5. The summed E-state index contributed by atoms with van der Waals surface area (Å²) in [7, 11) is 2.85. The number of benzene rings is 1. The summed E-state index contributed by atoms with van der Waals surface area (Å²) in [6.45, 7) is 2.23. The van der Waals surface area contributed by atoms with Crippen LogP contribution in [0, 0.1) is 17.1 Å². The van der Waals surface area contributed by atoms with Gasteiger partial charge in [0.1, 0.15) is 5.69 Å². The van der Waals surface area contributed by atoms with E-state index in [2.05, 4.69) is 25.3 Å². The Morgan fingerprint density at radius 3 is 2.63 bits per heavy atom. The van der Waals surface area contributed by atoms with Crippen molar-refractivity contribution in [2.45, 2.75) is 32.5 Å². The zero-order valence-corrected chi connectivity index (χ0v) is 19.6. The van der Waals surface area contributed by atoms with E-state index < -0.39 is 11.7 Å². The first-order chi connectivity index (χ1) is 17.0. The zero-order valence-electron chi connectivity index (χ0n) is 19.6. The molecule has 3 heterocycles. The lowest BCUT2D eigenvalue weighted by Crippen LogP contribution is -2.24. The maximum atomic E-state index is 14.7. The van der Waals surface area contributed by atoms with Crippen LogP contribution < -0.4 is 15.0 Å². The molecule has 11 heteroatoms. The first-order valence-electron chi connectivity index (χ1n) is 11.2. The summed E-state index contributed by atoms with van der Waals surface area (Å²) in [5.41, 5.74) is 1.74. The topological polar surface area (TPSA) is 118 Å². The first-order valence-corrected chi connectivity index (χ1v) is 11.2. The van der Waals surface area contributed by atoms with E-state index in [0.717, 1.165) is 31.5 Å². The Labute approximate surface area is 202 Å². The number of amides is 1. The summed E-state index contributed by atoms with van der Waals surface area (Å²) in [5.74, 6) is -0.431. The molecule has 0 bridgehead atoms. The molecule has 0 unspecified atom stereocenters. The van der Waals surface area contributed by atoms with Crippen molar-refractivity contribution < 1.29 is 18.7 Å². The maximum absolute atomic E-state index is 14.7. The molecule has 1 aromatic carbocycles. The minimum Gasteiger partial charge on any atom is -0.494 e. The SMILES string of the molecule is COCc1nn(Cc2cnc(N3CCCC3)nc2)cc1C(=O)NCc1c(C#N)ccc(OC)c1F. The minimum absolute atomic E-state index is 0.000825. The second kappa shape index (κ2) is 10.9. The number of nitrogens with zero attached hydrogens (tertiary/aromatic N) is 6. The highest BCUT2D eigenvalue weighted by Crippen LogP contribution is 2.23. The molecule has 0 spiro atoms. The van der Waals surface area contributed by atoms with E-state index in [0.29, 0.717) is 23.8 Å². The van der Waals surface area contributed by atoms with Gasteiger partial charge >= 0.3 is 0 Å². The number of hydrogen-bond donors (Lipinski definition) is 1. The van der Waals surface area contributed by atoms with Gasteiger partial charge in [-0.2, -0.15) is 10.4 Å². The zero-order chi connectivity index (χ0) is 24.8. The van der Waals surface area contributed by atoms with Crippen LogP contribution in [0.3, 0.4) is 0 Å². The number of methoxy groups -OCH3 is 2. The van der Waals surface area contributed by atoms with E-state index in [4.69, 9.17) is 9.47 Å². The van der Waals surface area contributed by atoms with Crippen molar-refractivity contribution >= 4 is 11.9 Å². The third-order valence-corrected chi connectivity index (χ3v) is 5.76. The van der Waals surface area contributed by atoms with Crippen molar-refractivity contribution in [3.8, 4) is 11.8 Å². The number of aromatic nitrogens is 4. The molecule has 1 aliphatic heterocycles. The van der Waals surface area contributed by atoms with Gasteiger partial charge in [0, 0.05) is 56.5 Å². The molecule has 1 N–H and O–H groups in total. The van der Waals surface area contributed by atoms with Gasteiger partial charge in [0.2, 0.25) is 5.95 Å². The maximum Gasteiger partial charge on any atom is 0.255 e. The lowest BCUT2D eigenvalue weighted by molar-refractivity contribution is 0.0945. The lowest BCUT2D eigenvalue weighted by Gasteiger charge is -2.14. The molecule has 1 aliphatic rings. The molecule has 3 aromatic rings. The quantitative estimate of drug-likeness (QED) is 0.497. The third-order valence-electron chi connectivity index (χ3n) is 5.76. The molecule has 0 radical (unpaired) electrons. The normalized spacial score (nSPS) is 13.0. The minimum atomic E-state index is -0.683. The number of carbonyl (C=O) groups is 1. The third kappa shape index (κ3) is 5.38. The van der Waals surface area contributed by atoms with Crippen molar-refractivity contribution in [3.63, 3.8) is 0 Å². The van der Waals surface area contributed by atoms with Gasteiger partial charge in [0.25, 0.3) is 5.91 Å². The van der Waals surface area contributed by atoms with Gasteiger partial charge in [-0.25, -0.2) is 14.4 Å². The van der Waals surface area contributed by atoms with Crippen molar-refractivity contribution in [2.75, 3.05) is 32.2 Å². The van der Waals surface area contributed by atoms with E-state index in [-0.39, 0.29) is 30.0 Å². The molecule has 1 amide bonds. The number of anilines is 1. The van der Waals surface area contributed by atoms with Gasteiger partial charge in [-0.15, -0.1) is 0 Å². The van der Waals surface area contributed by atoms with Crippen LogP contribution in [-0.4, -0.2) is 53.0 Å². The number of carbonyl (C=O) groups excluding carboxylic acids is 1. The van der Waals surface area contributed by atoms with E-state index in [1.54, 1.807) is 23.3 Å². The van der Waals surface area contributed by atoms with Crippen molar-refractivity contribution in [3.05, 3.63) is 64.5 Å². The number of hydrogen-bond acceptors (Lipinski definition) is 8. The Balaban J connectivity index is 1.48. The average Bonchev–Trinajstić information content (AvgIpc) is 3.54. The van der Waals surface area contributed by atoms with Crippen LogP contribution in [0.2, 0.25) is 0 Å². The van der Waals surface area contributed by atoms with Gasteiger partial charge in [0.05, 0.1) is 37.5 Å². The predicted molar refractivity (Wildman–Crippen MR) is 124 cm³/mol. The van der Waals surface area contributed by atoms with Crippen molar-refractivity contribution in [2.24, 2.45) is 0 Å². The molecule has 1 fully saturated rings. The largest absolute Gasteiger partial charge is 0.494 e. The van der Waals surface area contributed by atoms with Crippen LogP contribution in [0.5, 0.6) is 5.75 Å². The first kappa shape index (κ1) is 24.1. The van der Waals surface area contributed by atoms with Crippen LogP contribution in [-0.2, 0) is 24.4 Å². The highest BCUT2D eigenvalue weighted by atomic mass is 19.1. The summed E-state index contributed by atoms with van der Waals surface area (Å²) in [4.78, 5) is 24.0. The fourth-order valence-electron chi connectivity index (χ4n) is 3.97.